The highest BCUT2D eigenvalue weighted by molar-refractivity contribution is 6.32. The first-order chi connectivity index (χ1) is 13.0. The Hall–Kier alpha value is -2.73. The third-order valence-electron chi connectivity index (χ3n) is 4.23. The number of ether oxygens (including phenoxy) is 3. The van der Waals surface area contributed by atoms with E-state index in [0.717, 1.165) is 19.3 Å². The van der Waals surface area contributed by atoms with Crippen molar-refractivity contribution < 1.29 is 23.8 Å². The van der Waals surface area contributed by atoms with Gasteiger partial charge in [-0.3, -0.25) is 4.79 Å². The molecule has 3 rings (SSSR count). The lowest BCUT2D eigenvalue weighted by molar-refractivity contribution is -0.149. The molecule has 0 spiro atoms. The first kappa shape index (κ1) is 19.0. The standard InChI is InChI=1S/C20H20ClNO5/c1-25-18-8-6-15(10-17(18)21)22-19(23)11-27-20(24)12-26-16-7-5-13-3-2-4-14(13)9-16/h5-10H,2-4,11-12H2,1H3,(H,22,23). The average molecular weight is 390 g/mol. The molecule has 0 fully saturated rings. The number of esters is 1. The predicted molar refractivity (Wildman–Crippen MR) is 102 cm³/mol. The zero-order valence-corrected chi connectivity index (χ0v) is 15.7. The van der Waals surface area contributed by atoms with Crippen LogP contribution in [0.4, 0.5) is 5.69 Å². The van der Waals surface area contributed by atoms with Gasteiger partial charge >= 0.3 is 5.97 Å². The van der Waals surface area contributed by atoms with Crippen LogP contribution >= 0.6 is 11.6 Å². The number of amides is 1. The van der Waals surface area contributed by atoms with Crippen molar-refractivity contribution in [1.82, 2.24) is 0 Å². The number of hydrogen-bond acceptors (Lipinski definition) is 5. The Kier molecular flexibility index (Phi) is 6.19. The molecule has 1 aliphatic rings. The van der Waals surface area contributed by atoms with Gasteiger partial charge in [0.2, 0.25) is 0 Å². The van der Waals surface area contributed by atoms with Crippen LogP contribution in [0.2, 0.25) is 5.02 Å². The Morgan fingerprint density at radius 3 is 2.67 bits per heavy atom. The first-order valence-electron chi connectivity index (χ1n) is 8.59. The van der Waals surface area contributed by atoms with Gasteiger partial charge in [-0.1, -0.05) is 17.7 Å². The van der Waals surface area contributed by atoms with Crippen molar-refractivity contribution in [3.05, 3.63) is 52.5 Å². The minimum Gasteiger partial charge on any atom is -0.495 e. The number of methoxy groups -OCH3 is 1. The number of anilines is 1. The van der Waals surface area contributed by atoms with Crippen LogP contribution in [-0.4, -0.2) is 32.2 Å². The third-order valence-corrected chi connectivity index (χ3v) is 4.52. The van der Waals surface area contributed by atoms with Gasteiger partial charge in [0, 0.05) is 5.69 Å². The maximum atomic E-state index is 11.9. The summed E-state index contributed by atoms with van der Waals surface area (Å²) in [7, 11) is 1.50. The van der Waals surface area contributed by atoms with Gasteiger partial charge in [-0.15, -0.1) is 0 Å². The summed E-state index contributed by atoms with van der Waals surface area (Å²) in [4.78, 5) is 23.7. The van der Waals surface area contributed by atoms with Gasteiger partial charge in [0.15, 0.2) is 13.2 Å². The summed E-state index contributed by atoms with van der Waals surface area (Å²) in [6, 6.07) is 10.6. The molecular formula is C20H20ClNO5. The van der Waals surface area contributed by atoms with Crippen LogP contribution in [0.5, 0.6) is 11.5 Å². The number of aryl methyl sites for hydroxylation is 2. The lowest BCUT2D eigenvalue weighted by atomic mass is 10.1. The highest BCUT2D eigenvalue weighted by Gasteiger charge is 2.13. The molecule has 6 nitrogen and oxygen atoms in total. The average Bonchev–Trinajstić information content (AvgIpc) is 3.12. The zero-order valence-electron chi connectivity index (χ0n) is 14.9. The quantitative estimate of drug-likeness (QED) is 0.735. The minimum absolute atomic E-state index is 0.250. The molecule has 0 radical (unpaired) electrons. The third kappa shape index (κ3) is 5.14. The van der Waals surface area contributed by atoms with E-state index in [0.29, 0.717) is 22.2 Å². The number of hydrogen-bond donors (Lipinski definition) is 1. The van der Waals surface area contributed by atoms with E-state index < -0.39 is 18.5 Å². The summed E-state index contributed by atoms with van der Waals surface area (Å²) in [5.41, 5.74) is 3.08. The van der Waals surface area contributed by atoms with Gasteiger partial charge in [0.1, 0.15) is 11.5 Å². The van der Waals surface area contributed by atoms with Crippen LogP contribution in [0.25, 0.3) is 0 Å². The van der Waals surface area contributed by atoms with Gasteiger partial charge in [-0.2, -0.15) is 0 Å². The van der Waals surface area contributed by atoms with Crippen LogP contribution in [0.1, 0.15) is 17.5 Å². The highest BCUT2D eigenvalue weighted by Crippen LogP contribution is 2.27. The zero-order chi connectivity index (χ0) is 19.2. The van der Waals surface area contributed by atoms with Crippen molar-refractivity contribution in [3.63, 3.8) is 0 Å². The molecule has 2 aromatic carbocycles. The molecule has 0 atom stereocenters. The van der Waals surface area contributed by atoms with E-state index in [-0.39, 0.29) is 6.61 Å². The van der Waals surface area contributed by atoms with Crippen LogP contribution in [-0.2, 0) is 27.2 Å². The maximum Gasteiger partial charge on any atom is 0.344 e. The fourth-order valence-corrected chi connectivity index (χ4v) is 3.17. The Morgan fingerprint density at radius 2 is 1.89 bits per heavy atom. The molecule has 2 aromatic rings. The summed E-state index contributed by atoms with van der Waals surface area (Å²) in [6.45, 7) is -0.656. The molecular weight excluding hydrogens is 370 g/mol. The second kappa shape index (κ2) is 8.77. The number of carbonyl (C=O) groups excluding carboxylic acids is 2. The van der Waals surface area contributed by atoms with Gasteiger partial charge in [0.25, 0.3) is 5.91 Å². The van der Waals surface area contributed by atoms with E-state index in [2.05, 4.69) is 5.32 Å². The van der Waals surface area contributed by atoms with Gasteiger partial charge in [0.05, 0.1) is 12.1 Å². The topological polar surface area (TPSA) is 73.9 Å². The SMILES string of the molecule is COc1ccc(NC(=O)COC(=O)COc2ccc3c(c2)CCC3)cc1Cl. The van der Waals surface area contributed by atoms with Crippen LogP contribution in [0.15, 0.2) is 36.4 Å². The number of nitrogens with one attached hydrogen (secondary N) is 1. The first-order valence-corrected chi connectivity index (χ1v) is 8.96. The van der Waals surface area contributed by atoms with E-state index in [1.165, 1.54) is 18.2 Å². The largest absolute Gasteiger partial charge is 0.495 e. The minimum atomic E-state index is -0.613. The molecule has 142 valence electrons. The molecule has 0 aliphatic heterocycles. The summed E-state index contributed by atoms with van der Waals surface area (Å²) >= 11 is 6.00. The second-order valence-corrected chi connectivity index (χ2v) is 6.54. The molecule has 0 heterocycles. The summed E-state index contributed by atoms with van der Waals surface area (Å²) in [5, 5.41) is 2.96. The Bertz CT molecular complexity index is 852. The predicted octanol–water partition coefficient (Wildman–Crippen LogP) is 3.40. The van der Waals surface area contributed by atoms with Gasteiger partial charge in [-0.25, -0.2) is 4.79 Å². The van der Waals surface area contributed by atoms with Crippen molar-refractivity contribution in [2.75, 3.05) is 25.6 Å². The van der Waals surface area contributed by atoms with E-state index in [1.54, 1.807) is 18.2 Å². The van der Waals surface area contributed by atoms with Gasteiger partial charge < -0.3 is 19.5 Å². The number of benzene rings is 2. The van der Waals surface area contributed by atoms with Crippen molar-refractivity contribution >= 4 is 29.2 Å². The van der Waals surface area contributed by atoms with E-state index in [4.69, 9.17) is 25.8 Å². The summed E-state index contributed by atoms with van der Waals surface area (Å²) in [6.07, 6.45) is 3.27. The molecule has 1 N–H and O–H groups in total. The lowest BCUT2D eigenvalue weighted by Crippen LogP contribution is -2.23. The molecule has 0 bridgehead atoms. The fraction of sp³-hybridized carbons (Fsp3) is 0.300. The van der Waals surface area contributed by atoms with Crippen LogP contribution in [0.3, 0.4) is 0 Å². The van der Waals surface area contributed by atoms with Crippen molar-refractivity contribution in [2.45, 2.75) is 19.3 Å². The normalized spacial score (nSPS) is 12.2. The number of fused-ring (bicyclic) bond motifs is 1. The molecule has 7 heteroatoms. The number of halogens is 1. The van der Waals surface area contributed by atoms with E-state index in [1.807, 2.05) is 18.2 Å². The van der Waals surface area contributed by atoms with Crippen LogP contribution < -0.4 is 14.8 Å². The molecule has 0 aromatic heterocycles. The Morgan fingerprint density at radius 1 is 1.07 bits per heavy atom. The molecule has 0 saturated heterocycles. The van der Waals surface area contributed by atoms with Gasteiger partial charge in [-0.05, 0) is 60.7 Å². The summed E-state index contributed by atoms with van der Waals surface area (Å²) in [5.74, 6) is 0.0512. The van der Waals surface area contributed by atoms with Crippen molar-refractivity contribution in [2.24, 2.45) is 0 Å². The Balaban J connectivity index is 1.42. The monoisotopic (exact) mass is 389 g/mol. The lowest BCUT2D eigenvalue weighted by Gasteiger charge is -2.10. The van der Waals surface area contributed by atoms with E-state index >= 15 is 0 Å². The van der Waals surface area contributed by atoms with Crippen LogP contribution in [0, 0.1) is 0 Å². The second-order valence-electron chi connectivity index (χ2n) is 6.13. The molecule has 1 aliphatic carbocycles. The summed E-state index contributed by atoms with van der Waals surface area (Å²) < 4.78 is 15.4. The maximum absolute atomic E-state index is 11.9. The van der Waals surface area contributed by atoms with Crippen molar-refractivity contribution in [3.8, 4) is 11.5 Å². The van der Waals surface area contributed by atoms with E-state index in [9.17, 15) is 9.59 Å². The molecule has 27 heavy (non-hydrogen) atoms. The Labute approximate surface area is 162 Å². The fourth-order valence-electron chi connectivity index (χ4n) is 2.91. The molecule has 0 saturated carbocycles. The highest BCUT2D eigenvalue weighted by atomic mass is 35.5. The number of carbonyl (C=O) groups is 2. The molecule has 0 unspecified atom stereocenters. The smallest absolute Gasteiger partial charge is 0.344 e. The number of rotatable bonds is 7. The van der Waals surface area contributed by atoms with Crippen molar-refractivity contribution in [1.29, 1.82) is 0 Å². The molecule has 1 amide bonds.